The van der Waals surface area contributed by atoms with Crippen LogP contribution in [0.1, 0.15) is 16.2 Å². The maximum Gasteiger partial charge on any atom is 0.196 e. The maximum atomic E-state index is 12.6. The predicted octanol–water partition coefficient (Wildman–Crippen LogP) is 6.19. The molecular weight excluding hydrogens is 434 g/mol. The van der Waals surface area contributed by atoms with Crippen LogP contribution in [0, 0.1) is 0 Å². The highest BCUT2D eigenvalue weighted by atomic mass is 35.5. The summed E-state index contributed by atoms with van der Waals surface area (Å²) in [5.74, 6) is 1.83. The van der Waals surface area contributed by atoms with Crippen molar-refractivity contribution in [3.8, 4) is 5.69 Å². The Bertz CT molecular complexity index is 1120. The van der Waals surface area contributed by atoms with E-state index < -0.39 is 0 Å². The Balaban J connectivity index is 1.54. The monoisotopic (exact) mass is 451 g/mol. The molecule has 150 valence electrons. The van der Waals surface area contributed by atoms with Crippen molar-refractivity contribution >= 4 is 40.9 Å². The smallest absolute Gasteiger partial charge is 0.196 e. The molecule has 0 aliphatic rings. The Kier molecular flexibility index (Phi) is 6.89. The highest BCUT2D eigenvalue weighted by molar-refractivity contribution is 7.99. The number of hydrogen-bond donors (Lipinski definition) is 0. The van der Waals surface area contributed by atoms with Gasteiger partial charge in [-0.1, -0.05) is 59.8 Å². The summed E-state index contributed by atoms with van der Waals surface area (Å²) in [5, 5.41) is 10.1. The van der Waals surface area contributed by atoms with Crippen LogP contribution in [0.5, 0.6) is 0 Å². The third-order valence-corrected chi connectivity index (χ3v) is 6.51. The number of thioether (sulfide) groups is 2. The zero-order chi connectivity index (χ0) is 20.8. The fourth-order valence-electron chi connectivity index (χ4n) is 2.84. The average Bonchev–Trinajstić information content (AvgIpc) is 3.20. The lowest BCUT2D eigenvalue weighted by molar-refractivity contribution is 0.102. The summed E-state index contributed by atoms with van der Waals surface area (Å²) in [5.41, 5.74) is 1.62. The van der Waals surface area contributed by atoms with Gasteiger partial charge in [0.2, 0.25) is 0 Å². The summed E-state index contributed by atoms with van der Waals surface area (Å²) < 4.78 is 2.02. The number of carbonyl (C=O) groups is 1. The molecule has 0 fully saturated rings. The second-order valence-electron chi connectivity index (χ2n) is 6.39. The van der Waals surface area contributed by atoms with E-state index in [2.05, 4.69) is 22.3 Å². The third kappa shape index (κ3) is 5.14. The fourth-order valence-corrected chi connectivity index (χ4v) is 4.66. The molecule has 0 unspecified atom stereocenters. The highest BCUT2D eigenvalue weighted by Gasteiger charge is 2.16. The lowest BCUT2D eigenvalue weighted by atomic mass is 10.1. The summed E-state index contributed by atoms with van der Waals surface area (Å²) >= 11 is 9.01. The summed E-state index contributed by atoms with van der Waals surface area (Å²) in [6.45, 7) is 0. The molecule has 0 aliphatic heterocycles. The number of rotatable bonds is 8. The molecule has 1 heterocycles. The normalized spacial score (nSPS) is 10.8. The Morgan fingerprint density at radius 1 is 0.833 bits per heavy atom. The first kappa shape index (κ1) is 20.7. The summed E-state index contributed by atoms with van der Waals surface area (Å²) in [6, 6.07) is 27.1. The van der Waals surface area contributed by atoms with Crippen molar-refractivity contribution in [1.29, 1.82) is 0 Å². The maximum absolute atomic E-state index is 12.6. The summed E-state index contributed by atoms with van der Waals surface area (Å²) in [7, 11) is 0. The van der Waals surface area contributed by atoms with Crippen LogP contribution in [0.15, 0.2) is 95.0 Å². The average molecular weight is 452 g/mol. The van der Waals surface area contributed by atoms with Gasteiger partial charge in [0.1, 0.15) is 5.82 Å². The van der Waals surface area contributed by atoms with Gasteiger partial charge >= 0.3 is 0 Å². The lowest BCUT2D eigenvalue weighted by Gasteiger charge is -2.10. The largest absolute Gasteiger partial charge is 0.293 e. The predicted molar refractivity (Wildman–Crippen MR) is 124 cm³/mol. The molecular formula is C23H18ClN3OS2. The first-order valence-corrected chi connectivity index (χ1v) is 11.6. The number of halogens is 1. The molecule has 7 heteroatoms. The van der Waals surface area contributed by atoms with E-state index in [0.29, 0.717) is 21.5 Å². The van der Waals surface area contributed by atoms with Crippen molar-refractivity contribution in [3.63, 3.8) is 0 Å². The molecule has 3 aromatic carbocycles. The van der Waals surface area contributed by atoms with Crippen molar-refractivity contribution < 1.29 is 4.79 Å². The Labute approximate surface area is 188 Å². The molecule has 0 bridgehead atoms. The van der Waals surface area contributed by atoms with Crippen LogP contribution < -0.4 is 0 Å². The Morgan fingerprint density at radius 3 is 2.20 bits per heavy atom. The van der Waals surface area contributed by atoms with Gasteiger partial charge in [0.05, 0.1) is 11.5 Å². The van der Waals surface area contributed by atoms with Gasteiger partial charge in [-0.2, -0.15) is 0 Å². The number of hydrogen-bond acceptors (Lipinski definition) is 5. The molecule has 0 aliphatic carbocycles. The van der Waals surface area contributed by atoms with Gasteiger partial charge in [0.25, 0.3) is 0 Å². The van der Waals surface area contributed by atoms with Crippen molar-refractivity contribution in [3.05, 3.63) is 101 Å². The second kappa shape index (κ2) is 9.98. The molecule has 0 saturated heterocycles. The number of para-hydroxylation sites is 1. The van der Waals surface area contributed by atoms with E-state index >= 15 is 0 Å². The zero-order valence-electron chi connectivity index (χ0n) is 15.9. The van der Waals surface area contributed by atoms with Crippen molar-refractivity contribution in [2.75, 3.05) is 5.75 Å². The van der Waals surface area contributed by atoms with E-state index in [1.807, 2.05) is 53.1 Å². The zero-order valence-corrected chi connectivity index (χ0v) is 18.3. The van der Waals surface area contributed by atoms with Crippen LogP contribution in [0.2, 0.25) is 5.02 Å². The van der Waals surface area contributed by atoms with Crippen molar-refractivity contribution in [2.45, 2.75) is 15.8 Å². The van der Waals surface area contributed by atoms with Crippen LogP contribution in [-0.2, 0) is 5.75 Å². The summed E-state index contributed by atoms with van der Waals surface area (Å²) in [4.78, 5) is 13.7. The topological polar surface area (TPSA) is 47.8 Å². The van der Waals surface area contributed by atoms with Gasteiger partial charge in [-0.3, -0.25) is 9.36 Å². The quantitative estimate of drug-likeness (QED) is 0.236. The molecule has 0 N–H and O–H groups in total. The number of aromatic nitrogens is 3. The highest BCUT2D eigenvalue weighted by Crippen LogP contribution is 2.27. The van der Waals surface area contributed by atoms with Crippen LogP contribution in [0.25, 0.3) is 5.69 Å². The number of Topliss-reactive ketones (excluding diaryl/α,β-unsaturated/α-hetero) is 1. The molecule has 0 saturated carbocycles. The first-order valence-electron chi connectivity index (χ1n) is 9.30. The minimum Gasteiger partial charge on any atom is -0.293 e. The Hall–Kier alpha value is -2.54. The Morgan fingerprint density at radius 2 is 1.50 bits per heavy atom. The molecule has 1 aromatic heterocycles. The third-order valence-electron chi connectivity index (χ3n) is 4.32. The molecule has 4 rings (SSSR count). The fraction of sp³-hybridized carbons (Fsp3) is 0.0870. The molecule has 4 aromatic rings. The van der Waals surface area contributed by atoms with Crippen molar-refractivity contribution in [1.82, 2.24) is 14.8 Å². The second-order valence-corrected chi connectivity index (χ2v) is 8.82. The van der Waals surface area contributed by atoms with Crippen LogP contribution >= 0.6 is 35.1 Å². The lowest BCUT2D eigenvalue weighted by Crippen LogP contribution is -2.05. The number of carbonyl (C=O) groups excluding carboxylic acids is 1. The van der Waals surface area contributed by atoms with E-state index in [1.165, 1.54) is 16.7 Å². The van der Waals surface area contributed by atoms with Crippen LogP contribution in [0.4, 0.5) is 0 Å². The van der Waals surface area contributed by atoms with E-state index in [1.54, 1.807) is 36.0 Å². The van der Waals surface area contributed by atoms with E-state index in [-0.39, 0.29) is 11.5 Å². The molecule has 0 radical (unpaired) electrons. The molecule has 0 spiro atoms. The van der Waals surface area contributed by atoms with Gasteiger partial charge in [0, 0.05) is 21.2 Å². The number of nitrogens with zero attached hydrogens (tertiary/aromatic N) is 3. The van der Waals surface area contributed by atoms with E-state index in [0.717, 1.165) is 11.5 Å². The van der Waals surface area contributed by atoms with E-state index in [4.69, 9.17) is 11.6 Å². The van der Waals surface area contributed by atoms with Gasteiger partial charge < -0.3 is 0 Å². The van der Waals surface area contributed by atoms with Gasteiger partial charge in [-0.15, -0.1) is 22.0 Å². The molecule has 0 amide bonds. The van der Waals surface area contributed by atoms with Crippen LogP contribution in [0.3, 0.4) is 0 Å². The number of benzene rings is 3. The minimum atomic E-state index is 0.0273. The molecule has 30 heavy (non-hydrogen) atoms. The van der Waals surface area contributed by atoms with E-state index in [9.17, 15) is 4.79 Å². The summed E-state index contributed by atoms with van der Waals surface area (Å²) in [6.07, 6.45) is 0. The minimum absolute atomic E-state index is 0.0273. The van der Waals surface area contributed by atoms with Gasteiger partial charge in [-0.25, -0.2) is 0 Å². The van der Waals surface area contributed by atoms with Gasteiger partial charge in [0.15, 0.2) is 10.9 Å². The molecule has 4 nitrogen and oxygen atoms in total. The van der Waals surface area contributed by atoms with Crippen LogP contribution in [-0.4, -0.2) is 26.3 Å². The molecule has 0 atom stereocenters. The SMILES string of the molecule is O=C(CSc1nnc(CSc2ccccc2)n1-c1ccccc1)c1ccc(Cl)cc1. The van der Waals surface area contributed by atoms with Gasteiger partial charge in [-0.05, 0) is 48.5 Å². The van der Waals surface area contributed by atoms with Crippen molar-refractivity contribution in [2.24, 2.45) is 0 Å². The standard InChI is InChI=1S/C23H18ClN3OS2/c24-18-13-11-17(12-14-18)21(28)15-30-23-26-25-22(16-29-20-9-5-2-6-10-20)27(23)19-7-3-1-4-8-19/h1-14H,15-16H2. The number of ketones is 1. The first-order chi connectivity index (χ1) is 14.7.